The summed E-state index contributed by atoms with van der Waals surface area (Å²) < 4.78 is 10.4. The smallest absolute Gasteiger partial charge is 0.343 e. The summed E-state index contributed by atoms with van der Waals surface area (Å²) >= 11 is 0. The summed E-state index contributed by atoms with van der Waals surface area (Å²) in [6, 6.07) is 21.8. The number of aliphatic hydroxyl groups excluding tert-OH is 1. The van der Waals surface area contributed by atoms with E-state index in [1.165, 1.54) is 6.21 Å². The van der Waals surface area contributed by atoms with Crippen LogP contribution in [0.4, 0.5) is 0 Å². The van der Waals surface area contributed by atoms with E-state index in [1.807, 2.05) is 0 Å². The van der Waals surface area contributed by atoms with Gasteiger partial charge < -0.3 is 14.6 Å². The van der Waals surface area contributed by atoms with Gasteiger partial charge in [-0.25, -0.2) is 10.2 Å². The second kappa shape index (κ2) is 9.99. The van der Waals surface area contributed by atoms with E-state index in [-0.39, 0.29) is 0 Å². The van der Waals surface area contributed by atoms with Crippen molar-refractivity contribution in [3.05, 3.63) is 95.6 Å². The summed E-state index contributed by atoms with van der Waals surface area (Å²) in [4.78, 5) is 24.3. The maximum absolute atomic E-state index is 12.3. The standard InChI is InChI=1S/C23H20N2O5/c1-29-19-12-10-18(11-13-19)23(28)30-20-9-5-6-16(14-20)15-24-25-22(27)21(26)17-7-3-2-4-8-17/h2-15,21,26H,1H3,(H,25,27)/b24-15+. The summed E-state index contributed by atoms with van der Waals surface area (Å²) in [6.45, 7) is 0. The average molecular weight is 404 g/mol. The highest BCUT2D eigenvalue weighted by Crippen LogP contribution is 2.17. The molecule has 0 saturated carbocycles. The van der Waals surface area contributed by atoms with Gasteiger partial charge in [0.25, 0.3) is 5.91 Å². The van der Waals surface area contributed by atoms with Crippen molar-refractivity contribution in [2.45, 2.75) is 6.10 Å². The highest BCUT2D eigenvalue weighted by atomic mass is 16.5. The number of benzene rings is 3. The fraction of sp³-hybridized carbons (Fsp3) is 0.0870. The Kier molecular flexibility index (Phi) is 6.91. The molecular formula is C23H20N2O5. The van der Waals surface area contributed by atoms with E-state index in [2.05, 4.69) is 10.5 Å². The predicted molar refractivity (Wildman–Crippen MR) is 112 cm³/mol. The van der Waals surface area contributed by atoms with Crippen LogP contribution in [0.5, 0.6) is 11.5 Å². The van der Waals surface area contributed by atoms with Crippen LogP contribution in [-0.2, 0) is 4.79 Å². The molecular weight excluding hydrogens is 384 g/mol. The van der Waals surface area contributed by atoms with Crippen molar-refractivity contribution >= 4 is 18.1 Å². The first kappa shape index (κ1) is 20.8. The van der Waals surface area contributed by atoms with Gasteiger partial charge in [0.2, 0.25) is 0 Å². The second-order valence-electron chi connectivity index (χ2n) is 6.24. The molecule has 0 saturated heterocycles. The number of rotatable bonds is 7. The van der Waals surface area contributed by atoms with Gasteiger partial charge in [0.15, 0.2) is 6.10 Å². The Morgan fingerprint density at radius 1 is 0.967 bits per heavy atom. The lowest BCUT2D eigenvalue weighted by Gasteiger charge is -2.08. The average Bonchev–Trinajstić information content (AvgIpc) is 2.79. The van der Waals surface area contributed by atoms with Crippen molar-refractivity contribution in [3.63, 3.8) is 0 Å². The van der Waals surface area contributed by atoms with Crippen LogP contribution in [0.1, 0.15) is 27.6 Å². The van der Waals surface area contributed by atoms with Gasteiger partial charge in [-0.05, 0) is 47.5 Å². The van der Waals surface area contributed by atoms with Gasteiger partial charge in [-0.3, -0.25) is 4.79 Å². The first-order valence-electron chi connectivity index (χ1n) is 9.09. The van der Waals surface area contributed by atoms with Crippen molar-refractivity contribution < 1.29 is 24.2 Å². The van der Waals surface area contributed by atoms with Crippen molar-refractivity contribution in [1.82, 2.24) is 5.43 Å². The number of esters is 1. The molecule has 0 heterocycles. The Hall–Kier alpha value is -3.97. The monoisotopic (exact) mass is 404 g/mol. The summed E-state index contributed by atoms with van der Waals surface area (Å²) in [5.41, 5.74) is 3.74. The number of aliphatic hydroxyl groups is 1. The fourth-order valence-electron chi connectivity index (χ4n) is 2.57. The number of nitrogens with one attached hydrogen (secondary N) is 1. The molecule has 0 fully saturated rings. The lowest BCUT2D eigenvalue weighted by molar-refractivity contribution is -0.129. The van der Waals surface area contributed by atoms with Crippen molar-refractivity contribution in [2.75, 3.05) is 7.11 Å². The third kappa shape index (κ3) is 5.52. The molecule has 2 N–H and O–H groups in total. The van der Waals surface area contributed by atoms with E-state index in [4.69, 9.17) is 9.47 Å². The van der Waals surface area contributed by atoms with E-state index in [9.17, 15) is 14.7 Å². The molecule has 3 aromatic rings. The Morgan fingerprint density at radius 3 is 2.40 bits per heavy atom. The Balaban J connectivity index is 1.59. The first-order chi connectivity index (χ1) is 14.6. The maximum Gasteiger partial charge on any atom is 0.343 e. The number of hydrogen-bond acceptors (Lipinski definition) is 6. The van der Waals surface area contributed by atoms with E-state index in [0.29, 0.717) is 28.2 Å². The largest absolute Gasteiger partial charge is 0.497 e. The minimum atomic E-state index is -1.32. The summed E-state index contributed by atoms with van der Waals surface area (Å²) in [5, 5.41) is 13.9. The molecule has 0 aromatic heterocycles. The van der Waals surface area contributed by atoms with E-state index in [1.54, 1.807) is 86.0 Å². The van der Waals surface area contributed by atoms with Crippen LogP contribution in [0.15, 0.2) is 84.0 Å². The van der Waals surface area contributed by atoms with Gasteiger partial charge in [0.1, 0.15) is 11.5 Å². The molecule has 0 bridgehead atoms. The van der Waals surface area contributed by atoms with Crippen LogP contribution >= 0.6 is 0 Å². The molecule has 3 rings (SSSR count). The SMILES string of the molecule is COc1ccc(C(=O)Oc2cccc(/C=N/NC(=O)C(O)c3ccccc3)c2)cc1. The minimum Gasteiger partial charge on any atom is -0.497 e. The molecule has 1 unspecified atom stereocenters. The number of hydrazone groups is 1. The van der Waals surface area contributed by atoms with E-state index >= 15 is 0 Å². The first-order valence-corrected chi connectivity index (χ1v) is 9.09. The molecule has 0 spiro atoms. The lowest BCUT2D eigenvalue weighted by Crippen LogP contribution is -2.25. The summed E-state index contributed by atoms with van der Waals surface area (Å²) in [5.74, 6) is -0.190. The van der Waals surface area contributed by atoms with Gasteiger partial charge >= 0.3 is 5.97 Å². The molecule has 1 atom stereocenters. The number of ether oxygens (including phenoxy) is 2. The van der Waals surface area contributed by atoms with Crippen LogP contribution < -0.4 is 14.9 Å². The Morgan fingerprint density at radius 2 is 1.70 bits per heavy atom. The minimum absolute atomic E-state index is 0.329. The van der Waals surface area contributed by atoms with Gasteiger partial charge in [0.05, 0.1) is 18.9 Å². The third-order valence-electron chi connectivity index (χ3n) is 4.15. The molecule has 30 heavy (non-hydrogen) atoms. The summed E-state index contributed by atoms with van der Waals surface area (Å²) in [7, 11) is 1.55. The molecule has 0 radical (unpaired) electrons. The summed E-state index contributed by atoms with van der Waals surface area (Å²) in [6.07, 6.45) is 0.0699. The molecule has 0 aliphatic rings. The molecule has 1 amide bonds. The number of nitrogens with zero attached hydrogens (tertiary/aromatic N) is 1. The maximum atomic E-state index is 12.3. The van der Waals surface area contributed by atoms with E-state index < -0.39 is 18.0 Å². The van der Waals surface area contributed by atoms with Crippen LogP contribution in [0, 0.1) is 0 Å². The quantitative estimate of drug-likeness (QED) is 0.273. The second-order valence-corrected chi connectivity index (χ2v) is 6.24. The molecule has 0 aliphatic heterocycles. The van der Waals surface area contributed by atoms with Gasteiger partial charge in [-0.2, -0.15) is 5.10 Å². The Labute approximate surface area is 173 Å². The van der Waals surface area contributed by atoms with Crippen molar-refractivity contribution in [3.8, 4) is 11.5 Å². The van der Waals surface area contributed by atoms with Gasteiger partial charge in [-0.15, -0.1) is 0 Å². The zero-order chi connectivity index (χ0) is 21.3. The van der Waals surface area contributed by atoms with Gasteiger partial charge in [-0.1, -0.05) is 42.5 Å². The molecule has 3 aromatic carbocycles. The number of carbonyl (C=O) groups is 2. The Bertz CT molecular complexity index is 1030. The fourth-order valence-corrected chi connectivity index (χ4v) is 2.57. The van der Waals surface area contributed by atoms with Crippen LogP contribution in [-0.4, -0.2) is 30.3 Å². The lowest BCUT2D eigenvalue weighted by atomic mass is 10.1. The zero-order valence-corrected chi connectivity index (χ0v) is 16.2. The van der Waals surface area contributed by atoms with Crippen molar-refractivity contribution in [1.29, 1.82) is 0 Å². The highest BCUT2D eigenvalue weighted by Gasteiger charge is 2.16. The van der Waals surface area contributed by atoms with Crippen LogP contribution in [0.3, 0.4) is 0 Å². The topological polar surface area (TPSA) is 97.2 Å². The highest BCUT2D eigenvalue weighted by molar-refractivity contribution is 5.91. The number of methoxy groups -OCH3 is 1. The number of hydrogen-bond donors (Lipinski definition) is 2. The van der Waals surface area contributed by atoms with E-state index in [0.717, 1.165) is 0 Å². The van der Waals surface area contributed by atoms with Crippen LogP contribution in [0.25, 0.3) is 0 Å². The van der Waals surface area contributed by atoms with Crippen molar-refractivity contribution in [2.24, 2.45) is 5.10 Å². The number of carbonyl (C=O) groups excluding carboxylic acids is 2. The molecule has 152 valence electrons. The third-order valence-corrected chi connectivity index (χ3v) is 4.15. The normalized spacial score (nSPS) is 11.7. The molecule has 7 heteroatoms. The predicted octanol–water partition coefficient (Wildman–Crippen LogP) is 3.10. The molecule has 0 aliphatic carbocycles. The number of amides is 1. The van der Waals surface area contributed by atoms with Gasteiger partial charge in [0, 0.05) is 0 Å². The zero-order valence-electron chi connectivity index (χ0n) is 16.2. The van der Waals surface area contributed by atoms with Crippen LogP contribution in [0.2, 0.25) is 0 Å². The molecule has 7 nitrogen and oxygen atoms in total.